The number of ether oxygens (including phenoxy) is 1. The first-order valence-corrected chi connectivity index (χ1v) is 8.22. The lowest BCUT2D eigenvalue weighted by Gasteiger charge is -2.04. The van der Waals surface area contributed by atoms with E-state index in [2.05, 4.69) is 10.4 Å². The maximum atomic E-state index is 12.3. The maximum Gasteiger partial charge on any atom is 0.349 e. The molecule has 0 fully saturated rings. The van der Waals surface area contributed by atoms with Crippen LogP contribution in [0, 0.1) is 6.92 Å². The van der Waals surface area contributed by atoms with Crippen molar-refractivity contribution in [2.75, 3.05) is 12.4 Å². The quantitative estimate of drug-likeness (QED) is 0.721. The zero-order chi connectivity index (χ0) is 17.4. The largest absolute Gasteiger partial charge is 0.465 e. The van der Waals surface area contributed by atoms with Gasteiger partial charge in [-0.05, 0) is 25.1 Å². The predicted octanol–water partition coefficient (Wildman–Crippen LogP) is 3.64. The highest BCUT2D eigenvalue weighted by atomic mass is 35.5. The highest BCUT2D eigenvalue weighted by molar-refractivity contribution is 7.21. The number of hydrogen-bond donors (Lipinski definition) is 1. The lowest BCUT2D eigenvalue weighted by molar-refractivity contribution is 0.0606. The molecule has 1 N–H and O–H groups in total. The summed E-state index contributed by atoms with van der Waals surface area (Å²) in [5.74, 6) is -0.714. The lowest BCUT2D eigenvalue weighted by Crippen LogP contribution is -2.12. The van der Waals surface area contributed by atoms with E-state index in [0.717, 1.165) is 10.1 Å². The Hall–Kier alpha value is -2.38. The molecule has 6 nitrogen and oxygen atoms in total. The number of benzene rings is 1. The van der Waals surface area contributed by atoms with Gasteiger partial charge in [0.2, 0.25) is 0 Å². The molecule has 0 bridgehead atoms. The summed E-state index contributed by atoms with van der Waals surface area (Å²) in [5, 5.41) is 8.10. The van der Waals surface area contributed by atoms with Crippen LogP contribution in [0.2, 0.25) is 5.02 Å². The number of rotatable bonds is 3. The number of aromatic nitrogens is 2. The Bertz CT molecular complexity index is 961. The van der Waals surface area contributed by atoms with Crippen molar-refractivity contribution in [2.45, 2.75) is 6.92 Å². The fourth-order valence-electron chi connectivity index (χ4n) is 2.39. The van der Waals surface area contributed by atoms with Gasteiger partial charge in [-0.2, -0.15) is 5.10 Å². The van der Waals surface area contributed by atoms with Crippen molar-refractivity contribution in [2.24, 2.45) is 7.05 Å². The molecule has 2 aromatic heterocycles. The average Bonchev–Trinajstić information content (AvgIpc) is 3.06. The molecule has 124 valence electrons. The zero-order valence-electron chi connectivity index (χ0n) is 13.2. The van der Waals surface area contributed by atoms with Crippen LogP contribution in [0.4, 0.5) is 5.69 Å². The SMILES string of the molecule is COC(=O)c1sc2cc(NC(=O)c3cn(C)nc3C)ccc2c1Cl. The van der Waals surface area contributed by atoms with Crippen LogP contribution < -0.4 is 5.32 Å². The molecule has 0 aliphatic heterocycles. The van der Waals surface area contributed by atoms with Gasteiger partial charge < -0.3 is 10.1 Å². The van der Waals surface area contributed by atoms with Crippen molar-refractivity contribution in [3.8, 4) is 0 Å². The number of thiophene rings is 1. The van der Waals surface area contributed by atoms with Crippen LogP contribution in [0.1, 0.15) is 25.7 Å². The highest BCUT2D eigenvalue weighted by Crippen LogP contribution is 2.37. The number of hydrogen-bond acceptors (Lipinski definition) is 5. The Kier molecular flexibility index (Phi) is 4.29. The van der Waals surface area contributed by atoms with Crippen LogP contribution in [0.3, 0.4) is 0 Å². The van der Waals surface area contributed by atoms with Crippen molar-refractivity contribution < 1.29 is 14.3 Å². The van der Waals surface area contributed by atoms with Gasteiger partial charge in [0.25, 0.3) is 5.91 Å². The Morgan fingerprint density at radius 1 is 1.38 bits per heavy atom. The van der Waals surface area contributed by atoms with Crippen LogP contribution in [-0.4, -0.2) is 28.8 Å². The first kappa shape index (κ1) is 16.5. The summed E-state index contributed by atoms with van der Waals surface area (Å²) in [6.45, 7) is 1.78. The molecule has 0 aliphatic carbocycles. The molecule has 0 atom stereocenters. The van der Waals surface area contributed by atoms with E-state index in [1.54, 1.807) is 43.0 Å². The summed E-state index contributed by atoms with van der Waals surface area (Å²) >= 11 is 7.45. The number of carbonyl (C=O) groups is 2. The second-order valence-electron chi connectivity index (χ2n) is 5.20. The van der Waals surface area contributed by atoms with Crippen molar-refractivity contribution in [1.82, 2.24) is 9.78 Å². The third-order valence-electron chi connectivity index (χ3n) is 3.52. The summed E-state index contributed by atoms with van der Waals surface area (Å²) in [7, 11) is 3.07. The van der Waals surface area contributed by atoms with E-state index in [1.165, 1.54) is 18.4 Å². The molecule has 3 rings (SSSR count). The van der Waals surface area contributed by atoms with Gasteiger partial charge in [-0.3, -0.25) is 9.48 Å². The van der Waals surface area contributed by atoms with Crippen molar-refractivity contribution in [1.29, 1.82) is 0 Å². The van der Waals surface area contributed by atoms with E-state index < -0.39 is 5.97 Å². The van der Waals surface area contributed by atoms with E-state index in [1.807, 2.05) is 0 Å². The molecular weight excluding hydrogens is 350 g/mol. The fourth-order valence-corrected chi connectivity index (χ4v) is 3.85. The van der Waals surface area contributed by atoms with Gasteiger partial charge in [-0.15, -0.1) is 11.3 Å². The number of aryl methyl sites for hydroxylation is 2. The minimum atomic E-state index is -0.474. The smallest absolute Gasteiger partial charge is 0.349 e. The minimum absolute atomic E-state index is 0.240. The standard InChI is InChI=1S/C16H14ClN3O3S/c1-8-11(7-20(2)19-8)15(21)18-9-4-5-10-12(6-9)24-14(13(10)17)16(22)23-3/h4-7H,1-3H3,(H,18,21). The van der Waals surface area contributed by atoms with Crippen molar-refractivity contribution in [3.63, 3.8) is 0 Å². The normalized spacial score (nSPS) is 10.8. The van der Waals surface area contributed by atoms with Gasteiger partial charge in [-0.25, -0.2) is 4.79 Å². The molecule has 0 aliphatic rings. The molecule has 1 amide bonds. The number of nitrogens with zero attached hydrogens (tertiary/aromatic N) is 2. The van der Waals surface area contributed by atoms with E-state index >= 15 is 0 Å². The summed E-state index contributed by atoms with van der Waals surface area (Å²) in [6.07, 6.45) is 1.67. The van der Waals surface area contributed by atoms with Gasteiger partial charge in [0.05, 0.1) is 23.4 Å². The topological polar surface area (TPSA) is 73.2 Å². The van der Waals surface area contributed by atoms with E-state index in [9.17, 15) is 9.59 Å². The zero-order valence-corrected chi connectivity index (χ0v) is 14.8. The van der Waals surface area contributed by atoms with Crippen molar-refractivity contribution in [3.05, 3.63) is 45.6 Å². The number of halogens is 1. The Balaban J connectivity index is 1.92. The van der Waals surface area contributed by atoms with Crippen LogP contribution in [0.15, 0.2) is 24.4 Å². The van der Waals surface area contributed by atoms with E-state index in [4.69, 9.17) is 16.3 Å². The molecule has 0 saturated carbocycles. The Morgan fingerprint density at radius 3 is 2.75 bits per heavy atom. The van der Waals surface area contributed by atoms with E-state index in [-0.39, 0.29) is 5.91 Å². The second kappa shape index (κ2) is 6.26. The van der Waals surface area contributed by atoms with Gasteiger partial charge >= 0.3 is 5.97 Å². The van der Waals surface area contributed by atoms with Gasteiger partial charge in [-0.1, -0.05) is 11.6 Å². The molecule has 1 aromatic carbocycles. The fraction of sp³-hybridized carbons (Fsp3) is 0.188. The van der Waals surface area contributed by atoms with Crippen LogP contribution in [-0.2, 0) is 11.8 Å². The molecule has 2 heterocycles. The number of nitrogens with one attached hydrogen (secondary N) is 1. The third-order valence-corrected chi connectivity index (χ3v) is 5.15. The lowest BCUT2D eigenvalue weighted by atomic mass is 10.2. The minimum Gasteiger partial charge on any atom is -0.465 e. The number of esters is 1. The molecule has 3 aromatic rings. The van der Waals surface area contributed by atoms with Gasteiger partial charge in [0, 0.05) is 29.0 Å². The number of anilines is 1. The number of carbonyl (C=O) groups excluding carboxylic acids is 2. The average molecular weight is 364 g/mol. The molecule has 24 heavy (non-hydrogen) atoms. The number of fused-ring (bicyclic) bond motifs is 1. The number of amides is 1. The highest BCUT2D eigenvalue weighted by Gasteiger charge is 2.18. The van der Waals surface area contributed by atoms with Crippen LogP contribution in [0.5, 0.6) is 0 Å². The van der Waals surface area contributed by atoms with E-state index in [0.29, 0.717) is 26.8 Å². The first-order chi connectivity index (χ1) is 11.4. The molecule has 0 spiro atoms. The maximum absolute atomic E-state index is 12.3. The first-order valence-electron chi connectivity index (χ1n) is 7.02. The molecular formula is C16H14ClN3O3S. The summed E-state index contributed by atoms with van der Waals surface area (Å²) in [5.41, 5.74) is 1.78. The summed E-state index contributed by atoms with van der Waals surface area (Å²) in [6, 6.07) is 5.29. The second-order valence-corrected chi connectivity index (χ2v) is 6.63. The molecule has 0 unspecified atom stereocenters. The monoisotopic (exact) mass is 363 g/mol. The van der Waals surface area contributed by atoms with Gasteiger partial charge in [0.1, 0.15) is 4.88 Å². The third kappa shape index (κ3) is 2.88. The molecule has 0 saturated heterocycles. The van der Waals surface area contributed by atoms with Crippen LogP contribution in [0.25, 0.3) is 10.1 Å². The predicted molar refractivity (Wildman–Crippen MR) is 94.1 cm³/mol. The van der Waals surface area contributed by atoms with Crippen molar-refractivity contribution >= 4 is 50.6 Å². The summed E-state index contributed by atoms with van der Waals surface area (Å²) < 4.78 is 7.11. The molecule has 0 radical (unpaired) electrons. The Labute approximate surface area is 147 Å². The molecule has 8 heteroatoms. The van der Waals surface area contributed by atoms with Crippen LogP contribution >= 0.6 is 22.9 Å². The number of methoxy groups -OCH3 is 1. The summed E-state index contributed by atoms with van der Waals surface area (Å²) in [4.78, 5) is 24.4. The van der Waals surface area contributed by atoms with Gasteiger partial charge in [0.15, 0.2) is 0 Å². The Morgan fingerprint density at radius 2 is 2.12 bits per heavy atom.